The van der Waals surface area contributed by atoms with Gasteiger partial charge in [0.15, 0.2) is 6.61 Å². The van der Waals surface area contributed by atoms with E-state index in [0.29, 0.717) is 17.4 Å². The van der Waals surface area contributed by atoms with Gasteiger partial charge in [-0.15, -0.1) is 0 Å². The number of fused-ring (bicyclic) bond motifs is 1. The fourth-order valence-corrected chi connectivity index (χ4v) is 3.72. The van der Waals surface area contributed by atoms with Crippen molar-refractivity contribution in [2.24, 2.45) is 11.8 Å². The number of nitrogens with one attached hydrogen (secondary N) is 1. The van der Waals surface area contributed by atoms with Crippen LogP contribution in [0.5, 0.6) is 0 Å². The molecule has 1 aliphatic rings. The number of amides is 1. The molecule has 1 aromatic carbocycles. The molecule has 1 fully saturated rings. The van der Waals surface area contributed by atoms with Crippen molar-refractivity contribution in [2.45, 2.75) is 46.1 Å². The summed E-state index contributed by atoms with van der Waals surface area (Å²) in [6, 6.07) is 9.29. The number of aromatic nitrogens is 1. The van der Waals surface area contributed by atoms with Crippen LogP contribution in [0.3, 0.4) is 0 Å². The Morgan fingerprint density at radius 1 is 1.23 bits per heavy atom. The van der Waals surface area contributed by atoms with Gasteiger partial charge in [-0.05, 0) is 37.3 Å². The smallest absolute Gasteiger partial charge is 0.339 e. The minimum absolute atomic E-state index is 0.161. The van der Waals surface area contributed by atoms with Gasteiger partial charge in [-0.1, -0.05) is 44.9 Å². The van der Waals surface area contributed by atoms with Crippen molar-refractivity contribution in [3.63, 3.8) is 0 Å². The lowest BCUT2D eigenvalue weighted by Gasteiger charge is -2.34. The Kier molecular flexibility index (Phi) is 5.55. The number of pyridine rings is 1. The van der Waals surface area contributed by atoms with Crippen LogP contribution in [0.15, 0.2) is 30.3 Å². The summed E-state index contributed by atoms with van der Waals surface area (Å²) >= 11 is 0. The van der Waals surface area contributed by atoms with E-state index in [1.54, 1.807) is 6.07 Å². The van der Waals surface area contributed by atoms with Crippen molar-refractivity contribution >= 4 is 22.8 Å². The standard InChI is InChI=1S/C21H26N2O3/c1-13-7-6-10-18(15(13)3)23-20(24)12-26-21(25)17-11-14(2)22-19-9-5-4-8-16(17)19/h4-5,8-9,11,13,15,18H,6-7,10,12H2,1-3H3,(H,23,24). The molecular formula is C21H26N2O3. The molecule has 1 heterocycles. The Hall–Kier alpha value is -2.43. The van der Waals surface area contributed by atoms with Crippen LogP contribution >= 0.6 is 0 Å². The quantitative estimate of drug-likeness (QED) is 0.851. The summed E-state index contributed by atoms with van der Waals surface area (Å²) in [6.07, 6.45) is 3.31. The number of nitrogens with zero attached hydrogens (tertiary/aromatic N) is 1. The number of aryl methyl sites for hydroxylation is 1. The number of ether oxygens (including phenoxy) is 1. The molecule has 138 valence electrons. The number of para-hydroxylation sites is 1. The van der Waals surface area contributed by atoms with Crippen LogP contribution in [0.2, 0.25) is 0 Å². The highest BCUT2D eigenvalue weighted by Gasteiger charge is 2.28. The summed E-state index contributed by atoms with van der Waals surface area (Å²) in [5, 5.41) is 3.76. The zero-order valence-corrected chi connectivity index (χ0v) is 15.6. The van der Waals surface area contributed by atoms with E-state index in [1.165, 1.54) is 6.42 Å². The first-order valence-corrected chi connectivity index (χ1v) is 9.28. The number of carbonyl (C=O) groups is 2. The number of esters is 1. The van der Waals surface area contributed by atoms with E-state index in [1.807, 2.05) is 31.2 Å². The Morgan fingerprint density at radius 2 is 2.00 bits per heavy atom. The average molecular weight is 354 g/mol. The Labute approximate surface area is 154 Å². The number of hydrogen-bond acceptors (Lipinski definition) is 4. The number of benzene rings is 1. The second kappa shape index (κ2) is 7.85. The molecule has 1 aromatic heterocycles. The molecule has 0 saturated heterocycles. The molecule has 0 aliphatic heterocycles. The maximum atomic E-state index is 12.5. The Morgan fingerprint density at radius 3 is 2.81 bits per heavy atom. The van der Waals surface area contributed by atoms with Crippen molar-refractivity contribution in [1.82, 2.24) is 10.3 Å². The van der Waals surface area contributed by atoms with E-state index >= 15 is 0 Å². The van der Waals surface area contributed by atoms with Crippen molar-refractivity contribution in [3.8, 4) is 0 Å². The third-order valence-electron chi connectivity index (χ3n) is 5.45. The van der Waals surface area contributed by atoms with Gasteiger partial charge < -0.3 is 10.1 Å². The maximum Gasteiger partial charge on any atom is 0.339 e. The molecule has 5 nitrogen and oxygen atoms in total. The lowest BCUT2D eigenvalue weighted by atomic mass is 9.78. The van der Waals surface area contributed by atoms with Crippen molar-refractivity contribution in [3.05, 3.63) is 41.6 Å². The first-order valence-electron chi connectivity index (χ1n) is 9.28. The summed E-state index contributed by atoms with van der Waals surface area (Å²) in [5.74, 6) is 0.309. The highest BCUT2D eigenvalue weighted by molar-refractivity contribution is 6.04. The largest absolute Gasteiger partial charge is 0.452 e. The Bertz CT molecular complexity index is 818. The summed E-state index contributed by atoms with van der Waals surface area (Å²) < 4.78 is 5.28. The topological polar surface area (TPSA) is 68.3 Å². The predicted octanol–water partition coefficient (Wildman–Crippen LogP) is 3.64. The molecule has 1 amide bonds. The molecule has 26 heavy (non-hydrogen) atoms. The molecule has 0 bridgehead atoms. The van der Waals surface area contributed by atoms with Crippen LogP contribution in [-0.4, -0.2) is 29.5 Å². The SMILES string of the molecule is Cc1cc(C(=O)OCC(=O)NC2CCCC(C)C2C)c2ccccc2n1. The zero-order valence-electron chi connectivity index (χ0n) is 15.6. The highest BCUT2D eigenvalue weighted by Crippen LogP contribution is 2.29. The summed E-state index contributed by atoms with van der Waals surface area (Å²) in [5.41, 5.74) is 1.93. The lowest BCUT2D eigenvalue weighted by molar-refractivity contribution is -0.125. The van der Waals surface area contributed by atoms with Gasteiger partial charge in [0.2, 0.25) is 0 Å². The van der Waals surface area contributed by atoms with E-state index in [4.69, 9.17) is 4.74 Å². The minimum atomic E-state index is -0.494. The van der Waals surface area contributed by atoms with Crippen LogP contribution in [0, 0.1) is 18.8 Å². The van der Waals surface area contributed by atoms with Crippen LogP contribution < -0.4 is 5.32 Å². The number of rotatable bonds is 4. The van der Waals surface area contributed by atoms with Gasteiger partial charge in [0.25, 0.3) is 5.91 Å². The fraction of sp³-hybridized carbons (Fsp3) is 0.476. The molecule has 1 saturated carbocycles. The average Bonchev–Trinajstić information content (AvgIpc) is 2.62. The van der Waals surface area contributed by atoms with Crippen molar-refractivity contribution in [2.75, 3.05) is 6.61 Å². The maximum absolute atomic E-state index is 12.5. The molecule has 3 atom stereocenters. The van der Waals surface area contributed by atoms with E-state index in [-0.39, 0.29) is 18.6 Å². The van der Waals surface area contributed by atoms with Crippen molar-refractivity contribution in [1.29, 1.82) is 0 Å². The van der Waals surface area contributed by atoms with Crippen molar-refractivity contribution < 1.29 is 14.3 Å². The van der Waals surface area contributed by atoms with Gasteiger partial charge in [-0.3, -0.25) is 9.78 Å². The third kappa shape index (κ3) is 4.03. The van der Waals surface area contributed by atoms with Crippen LogP contribution in [0.25, 0.3) is 10.9 Å². The van der Waals surface area contributed by atoms with Gasteiger partial charge in [0.05, 0.1) is 11.1 Å². The van der Waals surface area contributed by atoms with Gasteiger partial charge in [-0.25, -0.2) is 4.79 Å². The first kappa shape index (κ1) is 18.4. The summed E-state index contributed by atoms with van der Waals surface area (Å²) in [7, 11) is 0. The van der Waals surface area contributed by atoms with Crippen LogP contribution in [0.1, 0.15) is 49.2 Å². The van der Waals surface area contributed by atoms with Crippen LogP contribution in [0.4, 0.5) is 0 Å². The minimum Gasteiger partial charge on any atom is -0.452 e. The van der Waals surface area contributed by atoms with E-state index in [9.17, 15) is 9.59 Å². The molecule has 5 heteroatoms. The molecule has 0 radical (unpaired) electrons. The number of carbonyl (C=O) groups excluding carboxylic acids is 2. The van der Waals surface area contributed by atoms with Gasteiger partial charge in [0, 0.05) is 17.1 Å². The first-order chi connectivity index (χ1) is 12.5. The van der Waals surface area contributed by atoms with E-state index < -0.39 is 5.97 Å². The van der Waals surface area contributed by atoms with E-state index in [0.717, 1.165) is 29.4 Å². The van der Waals surface area contributed by atoms with Gasteiger partial charge in [0.1, 0.15) is 0 Å². The third-order valence-corrected chi connectivity index (χ3v) is 5.45. The normalized spacial score (nSPS) is 22.8. The second-order valence-corrected chi connectivity index (χ2v) is 7.35. The summed E-state index contributed by atoms with van der Waals surface area (Å²) in [6.45, 7) is 5.97. The number of hydrogen-bond donors (Lipinski definition) is 1. The molecular weight excluding hydrogens is 328 g/mol. The highest BCUT2D eigenvalue weighted by atomic mass is 16.5. The molecule has 1 N–H and O–H groups in total. The zero-order chi connectivity index (χ0) is 18.7. The van der Waals surface area contributed by atoms with Gasteiger partial charge in [-0.2, -0.15) is 0 Å². The fourth-order valence-electron chi connectivity index (χ4n) is 3.72. The molecule has 3 rings (SSSR count). The molecule has 0 spiro atoms. The molecule has 3 unspecified atom stereocenters. The molecule has 1 aliphatic carbocycles. The monoisotopic (exact) mass is 354 g/mol. The lowest BCUT2D eigenvalue weighted by Crippen LogP contribution is -2.45. The van der Waals surface area contributed by atoms with E-state index in [2.05, 4.69) is 24.1 Å². The summed E-state index contributed by atoms with van der Waals surface area (Å²) in [4.78, 5) is 29.1. The van der Waals surface area contributed by atoms with Gasteiger partial charge >= 0.3 is 5.97 Å². The Balaban J connectivity index is 1.63. The molecule has 2 aromatic rings. The van der Waals surface area contributed by atoms with Crippen LogP contribution in [-0.2, 0) is 9.53 Å². The second-order valence-electron chi connectivity index (χ2n) is 7.35. The predicted molar refractivity (Wildman–Crippen MR) is 101 cm³/mol.